The maximum atomic E-state index is 10.6. The topological polar surface area (TPSA) is 51.2 Å². The Bertz CT molecular complexity index is 302. The van der Waals surface area contributed by atoms with Gasteiger partial charge < -0.3 is 0 Å². The molecule has 0 radical (unpaired) electrons. The van der Waals surface area contributed by atoms with Crippen LogP contribution in [0.3, 0.4) is 0 Å². The van der Waals surface area contributed by atoms with Gasteiger partial charge in [-0.05, 0) is 24.4 Å². The summed E-state index contributed by atoms with van der Waals surface area (Å²) in [5.74, 6) is 0.0758. The van der Waals surface area contributed by atoms with E-state index in [1.54, 1.807) is 0 Å². The molecule has 0 atom stereocenters. The number of halogens is 2. The average Bonchev–Trinajstić information content (AvgIpc) is 2.18. The third-order valence-corrected chi connectivity index (χ3v) is 3.94. The van der Waals surface area contributed by atoms with E-state index in [1.807, 2.05) is 0 Å². The van der Waals surface area contributed by atoms with Gasteiger partial charge in [0.2, 0.25) is 14.3 Å². The maximum absolute atomic E-state index is 10.6. The first-order valence-electron chi connectivity index (χ1n) is 6.02. The summed E-state index contributed by atoms with van der Waals surface area (Å²) < 4.78 is 21.2. The fraction of sp³-hybridized carbons (Fsp3) is 0.909. The van der Waals surface area contributed by atoms with Crippen molar-refractivity contribution in [2.75, 3.05) is 5.75 Å². The van der Waals surface area contributed by atoms with E-state index in [0.717, 1.165) is 44.9 Å². The fourth-order valence-electron chi connectivity index (χ4n) is 1.60. The standard InChI is InChI=1S/C11H20Cl2O3S/c12-11(14)9-7-5-3-1-2-4-6-8-10-17(13,15)16/h1-10H2. The van der Waals surface area contributed by atoms with E-state index in [1.165, 1.54) is 0 Å². The van der Waals surface area contributed by atoms with E-state index in [9.17, 15) is 13.2 Å². The van der Waals surface area contributed by atoms with Gasteiger partial charge in [0.15, 0.2) is 0 Å². The zero-order valence-electron chi connectivity index (χ0n) is 9.96. The lowest BCUT2D eigenvalue weighted by molar-refractivity contribution is -0.111. The van der Waals surface area contributed by atoms with Crippen molar-refractivity contribution in [1.29, 1.82) is 0 Å². The Hall–Kier alpha value is 0.200. The van der Waals surface area contributed by atoms with Crippen molar-refractivity contribution in [3.8, 4) is 0 Å². The number of unbranched alkanes of at least 4 members (excludes halogenated alkanes) is 7. The molecule has 3 nitrogen and oxygen atoms in total. The number of hydrogen-bond acceptors (Lipinski definition) is 3. The molecule has 0 saturated carbocycles. The van der Waals surface area contributed by atoms with Gasteiger partial charge in [0.25, 0.3) is 0 Å². The highest BCUT2D eigenvalue weighted by Gasteiger charge is 2.03. The molecule has 0 aliphatic carbocycles. The molecule has 102 valence electrons. The molecule has 0 amide bonds. The van der Waals surface area contributed by atoms with Gasteiger partial charge in [-0.15, -0.1) is 0 Å². The highest BCUT2D eigenvalue weighted by molar-refractivity contribution is 8.13. The average molecular weight is 303 g/mol. The number of hydrogen-bond donors (Lipinski definition) is 0. The molecule has 0 aromatic rings. The summed E-state index contributed by atoms with van der Waals surface area (Å²) in [5.41, 5.74) is 0. The molecule has 0 fully saturated rings. The third-order valence-electron chi connectivity index (χ3n) is 2.51. The minimum absolute atomic E-state index is 0.0758. The Balaban J connectivity index is 3.11. The van der Waals surface area contributed by atoms with Crippen LogP contribution in [-0.2, 0) is 13.8 Å². The van der Waals surface area contributed by atoms with Crippen LogP contribution in [0.5, 0.6) is 0 Å². The Morgan fingerprint density at radius 2 is 1.24 bits per heavy atom. The summed E-state index contributed by atoms with van der Waals surface area (Å²) in [4.78, 5) is 10.4. The first-order valence-corrected chi connectivity index (χ1v) is 8.88. The Labute approximate surface area is 113 Å². The zero-order valence-corrected chi connectivity index (χ0v) is 12.3. The molecule has 0 aromatic heterocycles. The minimum atomic E-state index is -3.31. The molecule has 0 saturated heterocycles. The maximum Gasteiger partial charge on any atom is 0.232 e. The van der Waals surface area contributed by atoms with Crippen molar-refractivity contribution in [2.45, 2.75) is 57.8 Å². The van der Waals surface area contributed by atoms with Crippen molar-refractivity contribution in [2.24, 2.45) is 0 Å². The summed E-state index contributed by atoms with van der Waals surface area (Å²) in [6, 6.07) is 0. The SMILES string of the molecule is O=C(Cl)CCCCCCCCCCS(=O)(=O)Cl. The van der Waals surface area contributed by atoms with Crippen molar-refractivity contribution in [1.82, 2.24) is 0 Å². The van der Waals surface area contributed by atoms with E-state index < -0.39 is 9.05 Å². The lowest BCUT2D eigenvalue weighted by Gasteiger charge is -2.01. The molecule has 0 aliphatic heterocycles. The van der Waals surface area contributed by atoms with Gasteiger partial charge >= 0.3 is 0 Å². The zero-order chi connectivity index (χ0) is 13.1. The molecule has 0 rings (SSSR count). The van der Waals surface area contributed by atoms with E-state index in [-0.39, 0.29) is 11.0 Å². The van der Waals surface area contributed by atoms with E-state index in [4.69, 9.17) is 22.3 Å². The van der Waals surface area contributed by atoms with Crippen LogP contribution in [-0.4, -0.2) is 19.4 Å². The Kier molecular flexibility index (Phi) is 10.3. The van der Waals surface area contributed by atoms with Crippen LogP contribution in [0.25, 0.3) is 0 Å². The molecule has 0 heterocycles. The normalized spacial score (nSPS) is 11.6. The van der Waals surface area contributed by atoms with Crippen LogP contribution in [0.4, 0.5) is 0 Å². The predicted octanol–water partition coefficient (Wildman–Crippen LogP) is 3.83. The monoisotopic (exact) mass is 302 g/mol. The number of rotatable bonds is 11. The summed E-state index contributed by atoms with van der Waals surface area (Å²) >= 11 is 5.21. The Morgan fingerprint density at radius 1 is 0.824 bits per heavy atom. The van der Waals surface area contributed by atoms with E-state index in [2.05, 4.69) is 0 Å². The van der Waals surface area contributed by atoms with Crippen molar-refractivity contribution in [3.63, 3.8) is 0 Å². The highest BCUT2D eigenvalue weighted by Crippen LogP contribution is 2.11. The molecule has 0 aliphatic rings. The molecular formula is C11H20Cl2O3S. The van der Waals surface area contributed by atoms with Crippen molar-refractivity contribution < 1.29 is 13.2 Å². The molecule has 0 unspecified atom stereocenters. The lowest BCUT2D eigenvalue weighted by atomic mass is 10.1. The minimum Gasteiger partial charge on any atom is -0.281 e. The molecule has 0 bridgehead atoms. The van der Waals surface area contributed by atoms with Crippen molar-refractivity contribution in [3.05, 3.63) is 0 Å². The summed E-state index contributed by atoms with van der Waals surface area (Å²) in [6.07, 6.45) is 8.31. The fourth-order valence-corrected chi connectivity index (χ4v) is 2.61. The van der Waals surface area contributed by atoms with Gasteiger partial charge in [-0.3, -0.25) is 4.79 Å². The van der Waals surface area contributed by atoms with Crippen molar-refractivity contribution >= 4 is 36.6 Å². The molecule has 6 heteroatoms. The molecule has 17 heavy (non-hydrogen) atoms. The third kappa shape index (κ3) is 16.2. The first-order chi connectivity index (χ1) is 7.92. The summed E-state index contributed by atoms with van der Waals surface area (Å²) in [5, 5.41) is -0.257. The second kappa shape index (κ2) is 10.2. The van der Waals surface area contributed by atoms with E-state index in [0.29, 0.717) is 12.8 Å². The summed E-state index contributed by atoms with van der Waals surface area (Å²) in [6.45, 7) is 0. The van der Waals surface area contributed by atoms with Gasteiger partial charge in [0, 0.05) is 17.1 Å². The van der Waals surface area contributed by atoms with Gasteiger partial charge in [-0.1, -0.05) is 38.5 Å². The smallest absolute Gasteiger partial charge is 0.232 e. The second-order valence-corrected chi connectivity index (χ2v) is 7.49. The molecule has 0 aromatic carbocycles. The lowest BCUT2D eigenvalue weighted by Crippen LogP contribution is -1.96. The molecule has 0 N–H and O–H groups in total. The van der Waals surface area contributed by atoms with Gasteiger partial charge in [-0.2, -0.15) is 0 Å². The van der Waals surface area contributed by atoms with Gasteiger partial charge in [0.1, 0.15) is 0 Å². The highest BCUT2D eigenvalue weighted by atomic mass is 35.7. The second-order valence-electron chi connectivity index (χ2n) is 4.18. The summed E-state index contributed by atoms with van der Waals surface area (Å²) in [7, 11) is 1.78. The number of carbonyl (C=O) groups is 1. The number of carbonyl (C=O) groups excluding carboxylic acids is 1. The Morgan fingerprint density at radius 3 is 1.65 bits per heavy atom. The van der Waals surface area contributed by atoms with Crippen LogP contribution in [0.1, 0.15) is 57.8 Å². The van der Waals surface area contributed by atoms with Crippen LogP contribution in [0, 0.1) is 0 Å². The van der Waals surface area contributed by atoms with Gasteiger partial charge in [-0.25, -0.2) is 8.42 Å². The van der Waals surface area contributed by atoms with Crippen LogP contribution in [0.2, 0.25) is 0 Å². The van der Waals surface area contributed by atoms with Gasteiger partial charge in [0.05, 0.1) is 5.75 Å². The first kappa shape index (κ1) is 17.2. The molecule has 0 spiro atoms. The van der Waals surface area contributed by atoms with Crippen LogP contribution in [0.15, 0.2) is 0 Å². The largest absolute Gasteiger partial charge is 0.281 e. The molecular weight excluding hydrogens is 283 g/mol. The van der Waals surface area contributed by atoms with Crippen LogP contribution >= 0.6 is 22.3 Å². The van der Waals surface area contributed by atoms with E-state index >= 15 is 0 Å². The quantitative estimate of drug-likeness (QED) is 0.430. The van der Waals surface area contributed by atoms with Crippen LogP contribution < -0.4 is 0 Å². The predicted molar refractivity (Wildman–Crippen MR) is 72.1 cm³/mol.